The molecule has 1 fully saturated rings. The molecule has 0 atom stereocenters. The number of fused-ring (bicyclic) bond motifs is 1. The Morgan fingerprint density at radius 1 is 1.23 bits per heavy atom. The Kier molecular flexibility index (Phi) is 2.85. The van der Waals surface area contributed by atoms with E-state index in [0.29, 0.717) is 19.6 Å². The van der Waals surface area contributed by atoms with Crippen LogP contribution in [0.2, 0.25) is 0 Å². The van der Waals surface area contributed by atoms with Crippen LogP contribution in [-0.2, 0) is 18.6 Å². The average molecular weight is 298 g/mol. The summed E-state index contributed by atoms with van der Waals surface area (Å²) in [5.74, 6) is 0.837. The van der Waals surface area contributed by atoms with E-state index in [-0.39, 0.29) is 5.54 Å². The second-order valence-electron chi connectivity index (χ2n) is 6.02. The number of amides is 1. The minimum atomic E-state index is -0.870. The first-order chi connectivity index (χ1) is 10.7. The Bertz CT molecular complexity index is 706. The minimum absolute atomic E-state index is 0.00173. The van der Waals surface area contributed by atoms with Crippen LogP contribution in [0, 0.1) is 0 Å². The van der Waals surface area contributed by atoms with Crippen molar-refractivity contribution in [1.82, 2.24) is 14.7 Å². The summed E-state index contributed by atoms with van der Waals surface area (Å²) in [6.45, 7) is 1.51. The Labute approximate surface area is 128 Å². The summed E-state index contributed by atoms with van der Waals surface area (Å²) < 4.78 is 1.91. The molecular weight excluding hydrogens is 280 g/mol. The zero-order valence-electron chi connectivity index (χ0n) is 12.2. The van der Waals surface area contributed by atoms with Crippen LogP contribution in [0.5, 0.6) is 0 Å². The fraction of sp³-hybridized carbons (Fsp3) is 0.375. The van der Waals surface area contributed by atoms with Crippen LogP contribution in [-0.4, -0.2) is 32.4 Å². The summed E-state index contributed by atoms with van der Waals surface area (Å²) in [4.78, 5) is 12.5. The molecule has 0 saturated heterocycles. The second kappa shape index (κ2) is 4.76. The quantitative estimate of drug-likeness (QED) is 0.913. The van der Waals surface area contributed by atoms with Crippen LogP contribution in [0.25, 0.3) is 0 Å². The zero-order chi connectivity index (χ0) is 15.2. The van der Waals surface area contributed by atoms with Gasteiger partial charge in [-0.1, -0.05) is 30.3 Å². The molecule has 2 aliphatic rings. The first kappa shape index (κ1) is 13.2. The van der Waals surface area contributed by atoms with Gasteiger partial charge in [-0.2, -0.15) is 5.10 Å². The van der Waals surface area contributed by atoms with E-state index in [0.717, 1.165) is 24.4 Å². The summed E-state index contributed by atoms with van der Waals surface area (Å²) in [5, 5.41) is 17.2. The monoisotopic (exact) mass is 298 g/mol. The van der Waals surface area contributed by atoms with Gasteiger partial charge >= 0.3 is 6.09 Å². The van der Waals surface area contributed by atoms with Crippen molar-refractivity contribution in [2.24, 2.45) is 0 Å². The lowest BCUT2D eigenvalue weighted by Gasteiger charge is -2.24. The predicted molar refractivity (Wildman–Crippen MR) is 81.6 cm³/mol. The number of aromatic nitrogens is 2. The van der Waals surface area contributed by atoms with Crippen molar-refractivity contribution < 1.29 is 9.90 Å². The Morgan fingerprint density at radius 3 is 2.68 bits per heavy atom. The number of nitrogens with zero attached hydrogens (tertiary/aromatic N) is 3. The molecule has 114 valence electrons. The lowest BCUT2D eigenvalue weighted by molar-refractivity contribution is 0.131. The topological polar surface area (TPSA) is 70.4 Å². The maximum atomic E-state index is 11.1. The first-order valence-corrected chi connectivity index (χ1v) is 7.55. The Morgan fingerprint density at radius 2 is 2.00 bits per heavy atom. The van der Waals surface area contributed by atoms with Gasteiger partial charge in [-0.05, 0) is 18.4 Å². The lowest BCUT2D eigenvalue weighted by Crippen LogP contribution is -2.37. The van der Waals surface area contributed by atoms with E-state index in [1.165, 1.54) is 10.5 Å². The zero-order valence-corrected chi connectivity index (χ0v) is 12.2. The highest BCUT2D eigenvalue weighted by molar-refractivity contribution is 5.65. The highest BCUT2D eigenvalue weighted by Gasteiger charge is 2.44. The van der Waals surface area contributed by atoms with E-state index in [1.807, 2.05) is 16.8 Å². The summed E-state index contributed by atoms with van der Waals surface area (Å²) >= 11 is 0. The van der Waals surface area contributed by atoms with Crippen LogP contribution < -0.4 is 5.32 Å². The van der Waals surface area contributed by atoms with Crippen molar-refractivity contribution >= 4 is 11.9 Å². The molecule has 1 aromatic carbocycles. The van der Waals surface area contributed by atoms with Gasteiger partial charge in [0.05, 0.1) is 24.3 Å². The number of carboxylic acid groups (broad SMARTS) is 1. The van der Waals surface area contributed by atoms with Gasteiger partial charge in [0, 0.05) is 12.6 Å². The standard InChI is InChI=1S/C16H18N4O2/c21-15(22)19-8-9-20-13(11-19)10-14(18-20)17-16(6-7-16)12-4-2-1-3-5-12/h1-5,10H,6-9,11H2,(H,17,18)(H,21,22). The van der Waals surface area contributed by atoms with Crippen LogP contribution in [0.3, 0.4) is 0 Å². The number of rotatable bonds is 3. The van der Waals surface area contributed by atoms with E-state index in [9.17, 15) is 4.79 Å². The average Bonchev–Trinajstić information content (AvgIpc) is 3.19. The lowest BCUT2D eigenvalue weighted by atomic mass is 10.1. The van der Waals surface area contributed by atoms with E-state index >= 15 is 0 Å². The smallest absolute Gasteiger partial charge is 0.407 e. The molecule has 2 N–H and O–H groups in total. The van der Waals surface area contributed by atoms with Crippen molar-refractivity contribution in [2.45, 2.75) is 31.5 Å². The molecule has 1 aromatic heterocycles. The molecule has 1 saturated carbocycles. The molecule has 2 heterocycles. The van der Waals surface area contributed by atoms with Gasteiger partial charge in [0.15, 0.2) is 0 Å². The van der Waals surface area contributed by atoms with Gasteiger partial charge in [-0.25, -0.2) is 4.79 Å². The van der Waals surface area contributed by atoms with E-state index in [2.05, 4.69) is 34.7 Å². The van der Waals surface area contributed by atoms with Crippen LogP contribution in [0.15, 0.2) is 36.4 Å². The van der Waals surface area contributed by atoms with Crippen LogP contribution in [0.1, 0.15) is 24.1 Å². The molecule has 1 aliphatic carbocycles. The second-order valence-corrected chi connectivity index (χ2v) is 6.02. The molecule has 0 spiro atoms. The summed E-state index contributed by atoms with van der Waals surface area (Å²) in [5.41, 5.74) is 2.23. The minimum Gasteiger partial charge on any atom is -0.465 e. The number of hydrogen-bond acceptors (Lipinski definition) is 3. The van der Waals surface area contributed by atoms with Gasteiger partial charge in [-0.3, -0.25) is 4.68 Å². The molecule has 0 bridgehead atoms. The normalized spacial score (nSPS) is 18.6. The predicted octanol–water partition coefficient (Wildman–Crippen LogP) is 2.48. The third kappa shape index (κ3) is 2.20. The number of nitrogens with one attached hydrogen (secondary N) is 1. The molecule has 4 rings (SSSR count). The van der Waals surface area contributed by atoms with Crippen LogP contribution >= 0.6 is 0 Å². The molecule has 22 heavy (non-hydrogen) atoms. The fourth-order valence-electron chi connectivity index (χ4n) is 3.10. The van der Waals surface area contributed by atoms with E-state index in [4.69, 9.17) is 5.11 Å². The first-order valence-electron chi connectivity index (χ1n) is 7.55. The van der Waals surface area contributed by atoms with Gasteiger partial charge < -0.3 is 15.3 Å². The maximum Gasteiger partial charge on any atom is 0.407 e. The molecule has 1 aliphatic heterocycles. The molecular formula is C16H18N4O2. The summed E-state index contributed by atoms with van der Waals surface area (Å²) in [6, 6.07) is 12.4. The number of anilines is 1. The third-order valence-corrected chi connectivity index (χ3v) is 4.51. The van der Waals surface area contributed by atoms with Crippen molar-refractivity contribution in [3.05, 3.63) is 47.7 Å². The van der Waals surface area contributed by atoms with Gasteiger partial charge in [0.25, 0.3) is 0 Å². The number of carbonyl (C=O) groups is 1. The Hall–Kier alpha value is -2.50. The molecule has 1 amide bonds. The van der Waals surface area contributed by atoms with Gasteiger partial charge in [-0.15, -0.1) is 0 Å². The molecule has 0 radical (unpaired) electrons. The maximum absolute atomic E-state index is 11.1. The van der Waals surface area contributed by atoms with Crippen molar-refractivity contribution in [2.75, 3.05) is 11.9 Å². The van der Waals surface area contributed by atoms with Crippen molar-refractivity contribution in [3.8, 4) is 0 Å². The molecule has 2 aromatic rings. The number of benzene rings is 1. The molecule has 6 heteroatoms. The van der Waals surface area contributed by atoms with E-state index in [1.54, 1.807) is 0 Å². The fourth-order valence-corrected chi connectivity index (χ4v) is 3.10. The van der Waals surface area contributed by atoms with Crippen molar-refractivity contribution in [3.63, 3.8) is 0 Å². The Balaban J connectivity index is 1.55. The SMILES string of the molecule is O=C(O)N1CCn2nc(NC3(c4ccccc4)CC3)cc2C1. The van der Waals surface area contributed by atoms with Gasteiger partial charge in [0.1, 0.15) is 5.82 Å². The highest BCUT2D eigenvalue weighted by Crippen LogP contribution is 2.48. The molecule has 6 nitrogen and oxygen atoms in total. The molecule has 0 unspecified atom stereocenters. The summed E-state index contributed by atoms with van der Waals surface area (Å²) in [7, 11) is 0. The third-order valence-electron chi connectivity index (χ3n) is 4.51. The van der Waals surface area contributed by atoms with E-state index < -0.39 is 6.09 Å². The van der Waals surface area contributed by atoms with Gasteiger partial charge in [0.2, 0.25) is 0 Å². The summed E-state index contributed by atoms with van der Waals surface area (Å²) in [6.07, 6.45) is 1.32. The number of hydrogen-bond donors (Lipinski definition) is 2. The van der Waals surface area contributed by atoms with Crippen LogP contribution in [0.4, 0.5) is 10.6 Å². The largest absolute Gasteiger partial charge is 0.465 e. The van der Waals surface area contributed by atoms with Crippen molar-refractivity contribution in [1.29, 1.82) is 0 Å². The highest BCUT2D eigenvalue weighted by atomic mass is 16.4.